The lowest BCUT2D eigenvalue weighted by Gasteiger charge is -2.20. The smallest absolute Gasteiger partial charge is 0.00141 e. The fourth-order valence-electron chi connectivity index (χ4n) is 5.85. The Kier molecular flexibility index (Phi) is 6.02. The highest BCUT2D eigenvalue weighted by atomic mass is 14.2. The summed E-state index contributed by atoms with van der Waals surface area (Å²) >= 11 is 0. The van der Waals surface area contributed by atoms with Crippen molar-refractivity contribution in [3.8, 4) is 22.3 Å². The normalized spacial score (nSPS) is 12.2. The molecule has 0 fully saturated rings. The first-order chi connectivity index (χ1) is 18.6. The van der Waals surface area contributed by atoms with Gasteiger partial charge in [0.1, 0.15) is 0 Å². The van der Waals surface area contributed by atoms with Crippen molar-refractivity contribution in [2.45, 2.75) is 13.8 Å². The average molecular weight is 487 g/mol. The summed E-state index contributed by atoms with van der Waals surface area (Å²) in [6, 6.07) is 33.5. The summed E-state index contributed by atoms with van der Waals surface area (Å²) in [6.07, 6.45) is 10.1. The Hall–Kier alpha value is -4.68. The molecule has 6 aromatic carbocycles. The van der Waals surface area contributed by atoms with Gasteiger partial charge in [-0.25, -0.2) is 0 Å². The number of allylic oxidation sites excluding steroid dienone is 5. The Bertz CT molecular complexity index is 1890. The predicted molar refractivity (Wildman–Crippen MR) is 169 cm³/mol. The Balaban J connectivity index is 1.77. The van der Waals surface area contributed by atoms with Crippen molar-refractivity contribution in [1.82, 2.24) is 0 Å². The number of aryl methyl sites for hydroxylation is 1. The standard InChI is InChI=1S/C38H30/c1-5-11-26(7-3)35-24-36(30-16-15-27(12-6-2)25(4)23-30)34-22-21-32-31(28-13-9-8-10-14-28)19-17-29-18-20-33(35)38(34)37(29)32/h5-24H,1,3H2,2,4H3/b12-6-,26-11+. The molecule has 0 bridgehead atoms. The zero-order valence-electron chi connectivity index (χ0n) is 22.0. The predicted octanol–water partition coefficient (Wildman–Crippen LogP) is 11.0. The van der Waals surface area contributed by atoms with E-state index in [2.05, 4.69) is 136 Å². The fourth-order valence-corrected chi connectivity index (χ4v) is 5.85. The van der Waals surface area contributed by atoms with E-state index < -0.39 is 0 Å². The molecule has 0 heteroatoms. The van der Waals surface area contributed by atoms with E-state index in [1.807, 2.05) is 12.2 Å². The van der Waals surface area contributed by atoms with E-state index in [-0.39, 0.29) is 0 Å². The molecular formula is C38H30. The van der Waals surface area contributed by atoms with Gasteiger partial charge < -0.3 is 0 Å². The lowest BCUT2D eigenvalue weighted by atomic mass is 9.83. The summed E-state index contributed by atoms with van der Waals surface area (Å²) in [4.78, 5) is 0. The van der Waals surface area contributed by atoms with Crippen LogP contribution >= 0.6 is 0 Å². The minimum atomic E-state index is 1.07. The van der Waals surface area contributed by atoms with E-state index in [1.165, 1.54) is 71.3 Å². The monoisotopic (exact) mass is 486 g/mol. The third kappa shape index (κ3) is 3.78. The molecule has 0 aromatic heterocycles. The Morgan fingerprint density at radius 2 is 1.42 bits per heavy atom. The molecule has 0 saturated heterocycles. The average Bonchev–Trinajstić information content (AvgIpc) is 2.96. The zero-order chi connectivity index (χ0) is 26.2. The van der Waals surface area contributed by atoms with E-state index >= 15 is 0 Å². The Morgan fingerprint density at radius 3 is 2.13 bits per heavy atom. The van der Waals surface area contributed by atoms with Crippen molar-refractivity contribution in [2.75, 3.05) is 0 Å². The molecule has 38 heavy (non-hydrogen) atoms. The molecule has 0 radical (unpaired) electrons. The molecule has 0 N–H and O–H groups in total. The van der Waals surface area contributed by atoms with E-state index in [0.717, 1.165) is 5.57 Å². The third-order valence-corrected chi connectivity index (χ3v) is 7.62. The minimum Gasteiger partial charge on any atom is -0.0990 e. The lowest BCUT2D eigenvalue weighted by Crippen LogP contribution is -1.94. The molecule has 6 rings (SSSR count). The van der Waals surface area contributed by atoms with Gasteiger partial charge in [0.15, 0.2) is 0 Å². The van der Waals surface area contributed by atoms with Crippen molar-refractivity contribution < 1.29 is 0 Å². The quantitative estimate of drug-likeness (QED) is 0.162. The van der Waals surface area contributed by atoms with Crippen molar-refractivity contribution >= 4 is 44.0 Å². The number of rotatable bonds is 6. The first-order valence-corrected chi connectivity index (χ1v) is 13.1. The van der Waals surface area contributed by atoms with Crippen LogP contribution in [0.1, 0.15) is 23.6 Å². The largest absolute Gasteiger partial charge is 0.0990 e. The number of hydrogen-bond acceptors (Lipinski definition) is 0. The number of benzene rings is 6. The maximum Gasteiger partial charge on any atom is -0.00141 e. The van der Waals surface area contributed by atoms with Crippen LogP contribution in [-0.4, -0.2) is 0 Å². The highest BCUT2D eigenvalue weighted by Crippen LogP contribution is 2.45. The first-order valence-electron chi connectivity index (χ1n) is 13.1. The Morgan fingerprint density at radius 1 is 0.684 bits per heavy atom. The second kappa shape index (κ2) is 9.65. The molecule has 0 aliphatic heterocycles. The van der Waals surface area contributed by atoms with Gasteiger partial charge in [-0.2, -0.15) is 0 Å². The summed E-state index contributed by atoms with van der Waals surface area (Å²) in [6.45, 7) is 12.4. The van der Waals surface area contributed by atoms with Crippen LogP contribution in [0.5, 0.6) is 0 Å². The Labute approximate surface area is 224 Å². The molecular weight excluding hydrogens is 456 g/mol. The third-order valence-electron chi connectivity index (χ3n) is 7.62. The van der Waals surface area contributed by atoms with Crippen molar-refractivity contribution in [1.29, 1.82) is 0 Å². The molecule has 0 saturated carbocycles. The van der Waals surface area contributed by atoms with Crippen molar-refractivity contribution in [3.05, 3.63) is 145 Å². The number of hydrogen-bond donors (Lipinski definition) is 0. The summed E-state index contributed by atoms with van der Waals surface area (Å²) in [5, 5.41) is 7.66. The molecule has 0 aliphatic rings. The lowest BCUT2D eigenvalue weighted by molar-refractivity contribution is 1.44. The fraction of sp³-hybridized carbons (Fsp3) is 0.0526. The highest BCUT2D eigenvalue weighted by Gasteiger charge is 2.18. The zero-order valence-corrected chi connectivity index (χ0v) is 22.0. The van der Waals surface area contributed by atoms with E-state index in [1.54, 1.807) is 0 Å². The molecule has 0 amide bonds. The second-order valence-corrected chi connectivity index (χ2v) is 9.83. The van der Waals surface area contributed by atoms with Gasteiger partial charge in [0, 0.05) is 0 Å². The molecule has 0 spiro atoms. The van der Waals surface area contributed by atoms with Gasteiger partial charge in [-0.05, 0) is 96.7 Å². The van der Waals surface area contributed by atoms with Crippen LogP contribution in [0, 0.1) is 6.92 Å². The molecule has 182 valence electrons. The maximum atomic E-state index is 4.14. The highest BCUT2D eigenvalue weighted by molar-refractivity contribution is 6.29. The van der Waals surface area contributed by atoms with Gasteiger partial charge in [0.2, 0.25) is 0 Å². The van der Waals surface area contributed by atoms with Gasteiger partial charge in [-0.1, -0.05) is 128 Å². The van der Waals surface area contributed by atoms with Gasteiger partial charge in [-0.3, -0.25) is 0 Å². The second-order valence-electron chi connectivity index (χ2n) is 9.83. The molecule has 0 aliphatic carbocycles. The summed E-state index contributed by atoms with van der Waals surface area (Å²) in [5.74, 6) is 0. The van der Waals surface area contributed by atoms with Gasteiger partial charge >= 0.3 is 0 Å². The van der Waals surface area contributed by atoms with Crippen LogP contribution in [-0.2, 0) is 0 Å². The van der Waals surface area contributed by atoms with Crippen LogP contribution in [0.2, 0.25) is 0 Å². The van der Waals surface area contributed by atoms with Crippen LogP contribution in [0.15, 0.2) is 128 Å². The van der Waals surface area contributed by atoms with Crippen LogP contribution in [0.4, 0.5) is 0 Å². The van der Waals surface area contributed by atoms with Crippen LogP contribution < -0.4 is 0 Å². The van der Waals surface area contributed by atoms with E-state index in [4.69, 9.17) is 0 Å². The van der Waals surface area contributed by atoms with Gasteiger partial charge in [0.05, 0.1) is 0 Å². The van der Waals surface area contributed by atoms with Crippen LogP contribution in [0.3, 0.4) is 0 Å². The molecule has 6 aromatic rings. The van der Waals surface area contributed by atoms with E-state index in [9.17, 15) is 0 Å². The van der Waals surface area contributed by atoms with Crippen molar-refractivity contribution in [3.63, 3.8) is 0 Å². The topological polar surface area (TPSA) is 0 Å². The summed E-state index contributed by atoms with van der Waals surface area (Å²) < 4.78 is 0. The van der Waals surface area contributed by atoms with Crippen LogP contribution in [0.25, 0.3) is 66.2 Å². The van der Waals surface area contributed by atoms with Gasteiger partial charge in [0.25, 0.3) is 0 Å². The van der Waals surface area contributed by atoms with Gasteiger partial charge in [-0.15, -0.1) is 0 Å². The molecule has 0 unspecified atom stereocenters. The SMILES string of the molecule is C=C/C=C(\C=C)c1cc(-c2ccc(/C=C\C)c(C)c2)c2ccc3c(-c4ccccc4)ccc4ccc1c2c43. The molecule has 0 nitrogen and oxygen atoms in total. The maximum absolute atomic E-state index is 4.14. The van der Waals surface area contributed by atoms with E-state index in [0.29, 0.717) is 0 Å². The molecule has 0 heterocycles. The summed E-state index contributed by atoms with van der Waals surface area (Å²) in [7, 11) is 0. The first kappa shape index (κ1) is 23.7. The summed E-state index contributed by atoms with van der Waals surface area (Å²) in [5.41, 5.74) is 9.72. The van der Waals surface area contributed by atoms with Crippen molar-refractivity contribution in [2.24, 2.45) is 0 Å². The minimum absolute atomic E-state index is 1.07. The molecule has 0 atom stereocenters.